The molecule has 0 radical (unpaired) electrons. The van der Waals surface area contributed by atoms with Crippen LogP contribution in [0.4, 0.5) is 19.3 Å². The highest BCUT2D eigenvalue weighted by Crippen LogP contribution is 2.35. The molecule has 1 aromatic heterocycles. The molecule has 0 bridgehead atoms. The molecule has 4 heterocycles. The van der Waals surface area contributed by atoms with Gasteiger partial charge in [-0.05, 0) is 48.6 Å². The molecule has 3 atom stereocenters. The van der Waals surface area contributed by atoms with Gasteiger partial charge in [0.05, 0.1) is 0 Å². The van der Waals surface area contributed by atoms with Gasteiger partial charge in [0.15, 0.2) is 17.5 Å². The largest absolute Gasteiger partial charge is 0.329 e. The number of aryl methyl sites for hydroxylation is 1. The van der Waals surface area contributed by atoms with Crippen molar-refractivity contribution in [2.24, 2.45) is 16.8 Å². The van der Waals surface area contributed by atoms with Crippen molar-refractivity contribution in [3.63, 3.8) is 0 Å². The first-order valence-electron chi connectivity index (χ1n) is 10.6. The number of hydrogen-bond donors (Lipinski definition) is 2. The lowest BCUT2D eigenvalue weighted by Gasteiger charge is -2.31. The maximum atomic E-state index is 13.8. The van der Waals surface area contributed by atoms with Crippen LogP contribution in [0, 0.1) is 30.4 Å². The van der Waals surface area contributed by atoms with Crippen molar-refractivity contribution in [3.8, 4) is 0 Å². The number of amides is 2. The fourth-order valence-electron chi connectivity index (χ4n) is 4.74. The third-order valence-corrected chi connectivity index (χ3v) is 6.57. The minimum absolute atomic E-state index is 0.0382. The minimum Gasteiger partial charge on any atom is -0.325 e. The van der Waals surface area contributed by atoms with Gasteiger partial charge in [0.2, 0.25) is 0 Å². The Morgan fingerprint density at radius 2 is 2.03 bits per heavy atom. The lowest BCUT2D eigenvalue weighted by Crippen LogP contribution is -2.50. The molecule has 3 aliphatic heterocycles. The van der Waals surface area contributed by atoms with E-state index >= 15 is 0 Å². The number of carbonyl (C=O) groups is 1. The van der Waals surface area contributed by atoms with E-state index in [0.717, 1.165) is 24.2 Å². The molecule has 5 rings (SSSR count). The van der Waals surface area contributed by atoms with Crippen LogP contribution in [0.15, 0.2) is 53.7 Å². The molecule has 3 unspecified atom stereocenters. The Bertz CT molecular complexity index is 1120. The number of nitrogens with zero attached hydrogens (tertiary/aromatic N) is 4. The van der Waals surface area contributed by atoms with E-state index in [2.05, 4.69) is 28.6 Å². The Morgan fingerprint density at radius 1 is 1.22 bits per heavy atom. The zero-order chi connectivity index (χ0) is 22.4. The number of fused-ring (bicyclic) bond motifs is 1. The van der Waals surface area contributed by atoms with E-state index in [1.807, 2.05) is 12.3 Å². The lowest BCUT2D eigenvalue weighted by molar-refractivity contribution is 0.216. The van der Waals surface area contributed by atoms with Crippen molar-refractivity contribution in [2.75, 3.05) is 24.7 Å². The molecular formula is C23H24F2N6O. The maximum Gasteiger partial charge on any atom is 0.329 e. The molecule has 7 nitrogen and oxygen atoms in total. The molecule has 2 aromatic rings. The molecule has 1 aromatic carbocycles. The van der Waals surface area contributed by atoms with Gasteiger partial charge in [-0.15, -0.1) is 0 Å². The van der Waals surface area contributed by atoms with Crippen LogP contribution in [-0.4, -0.2) is 41.5 Å². The fraction of sp³-hybridized carbons (Fsp3) is 0.348. The SMILES string of the molecule is Cc1cc(F)c(F)cc1N1C=C2N=C(C3CNCC3C(C)c3cccnc3)NC(=O)N2C1. The molecule has 1 saturated heterocycles. The lowest BCUT2D eigenvalue weighted by atomic mass is 9.80. The van der Waals surface area contributed by atoms with Crippen LogP contribution >= 0.6 is 0 Å². The number of anilines is 1. The summed E-state index contributed by atoms with van der Waals surface area (Å²) in [4.78, 5) is 25.1. The van der Waals surface area contributed by atoms with Gasteiger partial charge in [-0.25, -0.2) is 18.6 Å². The third-order valence-electron chi connectivity index (χ3n) is 6.57. The Morgan fingerprint density at radius 3 is 2.81 bits per heavy atom. The highest BCUT2D eigenvalue weighted by molar-refractivity contribution is 6.02. The topological polar surface area (TPSA) is 72.9 Å². The Labute approximate surface area is 184 Å². The van der Waals surface area contributed by atoms with E-state index in [1.165, 1.54) is 4.90 Å². The van der Waals surface area contributed by atoms with Gasteiger partial charge in [0, 0.05) is 42.8 Å². The number of urea groups is 1. The zero-order valence-corrected chi connectivity index (χ0v) is 17.8. The molecule has 32 heavy (non-hydrogen) atoms. The zero-order valence-electron chi connectivity index (χ0n) is 17.8. The summed E-state index contributed by atoms with van der Waals surface area (Å²) >= 11 is 0. The predicted octanol–water partition coefficient (Wildman–Crippen LogP) is 3.31. The summed E-state index contributed by atoms with van der Waals surface area (Å²) < 4.78 is 27.4. The standard InChI is InChI=1S/C23H24F2N6O/c1-13-6-18(24)19(25)7-20(13)30-11-21-28-22(29-23(32)31(21)12-30)17-10-27-9-16(17)14(2)15-4-3-5-26-8-15/h3-8,11,14,16-17,27H,9-10,12H2,1-2H3,(H,28,29,32). The van der Waals surface area contributed by atoms with E-state index in [9.17, 15) is 13.6 Å². The summed E-state index contributed by atoms with van der Waals surface area (Å²) in [6, 6.07) is 6.03. The van der Waals surface area contributed by atoms with Crippen LogP contribution < -0.4 is 15.5 Å². The first kappa shape index (κ1) is 20.6. The quantitative estimate of drug-likeness (QED) is 0.768. The summed E-state index contributed by atoms with van der Waals surface area (Å²) in [6.07, 6.45) is 5.35. The number of hydrogen-bond acceptors (Lipinski definition) is 5. The van der Waals surface area contributed by atoms with Crippen molar-refractivity contribution in [2.45, 2.75) is 19.8 Å². The van der Waals surface area contributed by atoms with Gasteiger partial charge in [-0.3, -0.25) is 15.2 Å². The van der Waals surface area contributed by atoms with Crippen LogP contribution in [0.1, 0.15) is 24.0 Å². The second-order valence-corrected chi connectivity index (χ2v) is 8.51. The fourth-order valence-corrected chi connectivity index (χ4v) is 4.74. The number of halogens is 2. The number of carbonyl (C=O) groups excluding carboxylic acids is 1. The van der Waals surface area contributed by atoms with Gasteiger partial charge in [-0.2, -0.15) is 0 Å². The minimum atomic E-state index is -0.924. The van der Waals surface area contributed by atoms with Gasteiger partial charge in [-0.1, -0.05) is 13.0 Å². The summed E-state index contributed by atoms with van der Waals surface area (Å²) in [6.45, 7) is 5.59. The first-order valence-corrected chi connectivity index (χ1v) is 10.6. The first-order chi connectivity index (χ1) is 15.4. The molecule has 0 saturated carbocycles. The number of aliphatic imine (C=N–C) groups is 1. The second-order valence-electron chi connectivity index (χ2n) is 8.51. The van der Waals surface area contributed by atoms with Crippen LogP contribution in [0.3, 0.4) is 0 Å². The molecule has 0 spiro atoms. The Balaban J connectivity index is 1.43. The number of aromatic nitrogens is 1. The van der Waals surface area contributed by atoms with E-state index in [1.54, 1.807) is 24.2 Å². The van der Waals surface area contributed by atoms with Crippen molar-refractivity contribution < 1.29 is 13.6 Å². The van der Waals surface area contributed by atoms with Crippen LogP contribution in [0.2, 0.25) is 0 Å². The average Bonchev–Trinajstić information content (AvgIpc) is 3.44. The average molecular weight is 438 g/mol. The van der Waals surface area contributed by atoms with E-state index in [-0.39, 0.29) is 30.5 Å². The van der Waals surface area contributed by atoms with Gasteiger partial charge in [0.1, 0.15) is 12.5 Å². The number of benzene rings is 1. The van der Waals surface area contributed by atoms with Gasteiger partial charge in [0.25, 0.3) is 0 Å². The molecule has 166 valence electrons. The Kier molecular flexibility index (Phi) is 5.13. The summed E-state index contributed by atoms with van der Waals surface area (Å²) in [5.74, 6) is -0.171. The molecule has 3 aliphatic rings. The molecule has 9 heteroatoms. The maximum absolute atomic E-state index is 13.8. The van der Waals surface area contributed by atoms with Gasteiger partial charge >= 0.3 is 6.03 Å². The molecule has 0 aliphatic carbocycles. The molecule has 1 fully saturated rings. The van der Waals surface area contributed by atoms with E-state index < -0.39 is 11.6 Å². The monoisotopic (exact) mass is 438 g/mol. The number of nitrogens with one attached hydrogen (secondary N) is 2. The van der Waals surface area contributed by atoms with Crippen molar-refractivity contribution in [3.05, 3.63) is 71.4 Å². The normalized spacial score (nSPS) is 23.6. The molecule has 2 amide bonds. The highest BCUT2D eigenvalue weighted by atomic mass is 19.2. The van der Waals surface area contributed by atoms with Crippen molar-refractivity contribution in [1.29, 1.82) is 0 Å². The second kappa shape index (κ2) is 7.98. The number of pyridine rings is 1. The van der Waals surface area contributed by atoms with Crippen LogP contribution in [0.25, 0.3) is 0 Å². The summed E-state index contributed by atoms with van der Waals surface area (Å²) in [5.41, 5.74) is 2.23. The Hall–Kier alpha value is -3.33. The molecular weight excluding hydrogens is 414 g/mol. The predicted molar refractivity (Wildman–Crippen MR) is 117 cm³/mol. The van der Waals surface area contributed by atoms with E-state index in [4.69, 9.17) is 4.99 Å². The summed E-state index contributed by atoms with van der Waals surface area (Å²) in [7, 11) is 0. The van der Waals surface area contributed by atoms with E-state index in [0.29, 0.717) is 29.5 Å². The highest BCUT2D eigenvalue weighted by Gasteiger charge is 2.40. The van der Waals surface area contributed by atoms with Crippen LogP contribution in [0.5, 0.6) is 0 Å². The summed E-state index contributed by atoms with van der Waals surface area (Å²) in [5, 5.41) is 6.38. The smallest absolute Gasteiger partial charge is 0.325 e. The molecule has 2 N–H and O–H groups in total. The third kappa shape index (κ3) is 3.52. The van der Waals surface area contributed by atoms with Crippen molar-refractivity contribution >= 4 is 17.6 Å². The van der Waals surface area contributed by atoms with Crippen LogP contribution in [-0.2, 0) is 0 Å². The van der Waals surface area contributed by atoms with Crippen molar-refractivity contribution in [1.82, 2.24) is 20.5 Å². The number of rotatable bonds is 4. The number of amidine groups is 1. The van der Waals surface area contributed by atoms with Gasteiger partial charge < -0.3 is 10.2 Å².